The summed E-state index contributed by atoms with van der Waals surface area (Å²) in [6.45, 7) is 9.29. The number of benzene rings is 2. The van der Waals surface area contributed by atoms with Crippen LogP contribution in [0.15, 0.2) is 53.4 Å². The van der Waals surface area contributed by atoms with Gasteiger partial charge in [0.2, 0.25) is 10.0 Å². The van der Waals surface area contributed by atoms with Crippen LogP contribution in [-0.4, -0.2) is 37.8 Å². The van der Waals surface area contributed by atoms with Crippen LogP contribution in [0.3, 0.4) is 0 Å². The zero-order chi connectivity index (χ0) is 21.4. The van der Waals surface area contributed by atoms with Crippen LogP contribution in [0.1, 0.15) is 49.2 Å². The first kappa shape index (κ1) is 23.1. The predicted molar refractivity (Wildman–Crippen MR) is 114 cm³/mol. The summed E-state index contributed by atoms with van der Waals surface area (Å²) in [5, 5.41) is 2.86. The zero-order valence-corrected chi connectivity index (χ0v) is 18.3. The van der Waals surface area contributed by atoms with Crippen molar-refractivity contribution in [2.45, 2.75) is 51.8 Å². The molecule has 6 nitrogen and oxygen atoms in total. The van der Waals surface area contributed by atoms with Crippen LogP contribution < -0.4 is 5.32 Å². The van der Waals surface area contributed by atoms with E-state index in [1.54, 1.807) is 36.4 Å². The molecule has 0 saturated carbocycles. The molecule has 0 aliphatic rings. The van der Waals surface area contributed by atoms with Crippen LogP contribution in [-0.2, 0) is 27.9 Å². The summed E-state index contributed by atoms with van der Waals surface area (Å²) in [4.78, 5) is 12.6. The minimum Gasteiger partial charge on any atom is -0.374 e. The lowest BCUT2D eigenvalue weighted by atomic mass is 10.1. The second kappa shape index (κ2) is 10.5. The van der Waals surface area contributed by atoms with Gasteiger partial charge in [-0.05, 0) is 49.2 Å². The fourth-order valence-electron chi connectivity index (χ4n) is 2.79. The molecular formula is C22H30N2O4S. The summed E-state index contributed by atoms with van der Waals surface area (Å²) < 4.78 is 32.0. The molecule has 2 aromatic rings. The molecule has 1 N–H and O–H groups in total. The predicted octanol–water partition coefficient (Wildman–Crippen LogP) is 3.57. The monoisotopic (exact) mass is 418 g/mol. The lowest BCUT2D eigenvalue weighted by Crippen LogP contribution is -2.30. The van der Waals surface area contributed by atoms with Crippen LogP contribution >= 0.6 is 0 Å². The van der Waals surface area contributed by atoms with E-state index in [-0.39, 0.29) is 16.9 Å². The fourth-order valence-corrected chi connectivity index (χ4v) is 4.25. The highest BCUT2D eigenvalue weighted by Crippen LogP contribution is 2.16. The molecule has 29 heavy (non-hydrogen) atoms. The van der Waals surface area contributed by atoms with Crippen LogP contribution in [0.5, 0.6) is 0 Å². The van der Waals surface area contributed by atoms with Crippen molar-refractivity contribution in [1.82, 2.24) is 9.62 Å². The molecular weight excluding hydrogens is 388 g/mol. The molecule has 0 heterocycles. The topological polar surface area (TPSA) is 75.7 Å². The summed E-state index contributed by atoms with van der Waals surface area (Å²) in [5.41, 5.74) is 2.41. The Hall–Kier alpha value is -2.22. The molecule has 0 atom stereocenters. The van der Waals surface area contributed by atoms with E-state index >= 15 is 0 Å². The van der Waals surface area contributed by atoms with Gasteiger partial charge in [-0.15, -0.1) is 0 Å². The molecule has 7 heteroatoms. The van der Waals surface area contributed by atoms with E-state index in [2.05, 4.69) is 5.32 Å². The molecule has 0 aliphatic carbocycles. The Morgan fingerprint density at radius 3 is 2.03 bits per heavy atom. The number of nitrogens with one attached hydrogen (secondary N) is 1. The van der Waals surface area contributed by atoms with Crippen LogP contribution in [0.2, 0.25) is 0 Å². The molecule has 2 rings (SSSR count). The maximum absolute atomic E-state index is 12.5. The summed E-state index contributed by atoms with van der Waals surface area (Å²) in [7, 11) is -3.47. The van der Waals surface area contributed by atoms with Gasteiger partial charge >= 0.3 is 0 Å². The summed E-state index contributed by atoms with van der Waals surface area (Å²) in [5.74, 6) is -0.179. The minimum atomic E-state index is -3.47. The Bertz CT molecular complexity index is 887. The highest BCUT2D eigenvalue weighted by atomic mass is 32.2. The molecule has 158 valence electrons. The van der Waals surface area contributed by atoms with Crippen molar-refractivity contribution in [3.63, 3.8) is 0 Å². The number of rotatable bonds is 10. The van der Waals surface area contributed by atoms with E-state index in [9.17, 15) is 13.2 Å². The van der Waals surface area contributed by atoms with Gasteiger partial charge in [0.1, 0.15) is 0 Å². The van der Waals surface area contributed by atoms with Crippen molar-refractivity contribution in [1.29, 1.82) is 0 Å². The fraction of sp³-hybridized carbons (Fsp3) is 0.409. The van der Waals surface area contributed by atoms with E-state index in [4.69, 9.17) is 4.74 Å². The number of hydrogen-bond donors (Lipinski definition) is 1. The third-order valence-electron chi connectivity index (χ3n) is 4.52. The SMILES string of the molecule is CCN(CC)S(=O)(=O)c1ccc(CNC(=O)c2ccc(COC(C)C)cc2)cc1. The van der Waals surface area contributed by atoms with Crippen molar-refractivity contribution in [2.75, 3.05) is 13.1 Å². The van der Waals surface area contributed by atoms with Gasteiger partial charge in [0.15, 0.2) is 0 Å². The zero-order valence-electron chi connectivity index (χ0n) is 17.5. The number of ether oxygens (including phenoxy) is 1. The maximum Gasteiger partial charge on any atom is 0.251 e. The first-order valence-corrected chi connectivity index (χ1v) is 11.3. The first-order valence-electron chi connectivity index (χ1n) is 9.85. The minimum absolute atomic E-state index is 0.159. The molecule has 0 spiro atoms. The molecule has 0 saturated heterocycles. The number of carbonyl (C=O) groups is 1. The van der Waals surface area contributed by atoms with E-state index in [0.717, 1.165) is 11.1 Å². The maximum atomic E-state index is 12.5. The third kappa shape index (κ3) is 6.39. The van der Waals surface area contributed by atoms with Gasteiger partial charge in [0.05, 0.1) is 17.6 Å². The Morgan fingerprint density at radius 1 is 0.966 bits per heavy atom. The van der Waals surface area contributed by atoms with Gasteiger partial charge in [0, 0.05) is 25.2 Å². The molecule has 0 radical (unpaired) electrons. The average Bonchev–Trinajstić information content (AvgIpc) is 2.72. The van der Waals surface area contributed by atoms with Crippen LogP contribution in [0.4, 0.5) is 0 Å². The Labute approximate surface area is 173 Å². The first-order chi connectivity index (χ1) is 13.8. The van der Waals surface area contributed by atoms with E-state index in [1.165, 1.54) is 4.31 Å². The van der Waals surface area contributed by atoms with Gasteiger partial charge in [-0.25, -0.2) is 8.42 Å². The number of amides is 1. The van der Waals surface area contributed by atoms with Gasteiger partial charge in [-0.2, -0.15) is 4.31 Å². The van der Waals surface area contributed by atoms with Crippen molar-refractivity contribution >= 4 is 15.9 Å². The summed E-state index contributed by atoms with van der Waals surface area (Å²) in [6, 6.07) is 13.9. The molecule has 2 aromatic carbocycles. The normalized spacial score (nSPS) is 11.8. The Morgan fingerprint density at radius 2 is 1.52 bits per heavy atom. The Kier molecular flexibility index (Phi) is 8.37. The largest absolute Gasteiger partial charge is 0.374 e. The number of hydrogen-bond acceptors (Lipinski definition) is 4. The van der Waals surface area contributed by atoms with Gasteiger partial charge in [-0.3, -0.25) is 4.79 Å². The molecule has 1 amide bonds. The highest BCUT2D eigenvalue weighted by molar-refractivity contribution is 7.89. The lowest BCUT2D eigenvalue weighted by Gasteiger charge is -2.18. The van der Waals surface area contributed by atoms with Gasteiger partial charge < -0.3 is 10.1 Å². The summed E-state index contributed by atoms with van der Waals surface area (Å²) >= 11 is 0. The lowest BCUT2D eigenvalue weighted by molar-refractivity contribution is 0.0657. The second-order valence-electron chi connectivity index (χ2n) is 6.97. The molecule has 0 aromatic heterocycles. The third-order valence-corrected chi connectivity index (χ3v) is 6.58. The van der Waals surface area contributed by atoms with Crippen molar-refractivity contribution in [3.05, 3.63) is 65.2 Å². The van der Waals surface area contributed by atoms with Crippen molar-refractivity contribution in [2.24, 2.45) is 0 Å². The van der Waals surface area contributed by atoms with Crippen LogP contribution in [0, 0.1) is 0 Å². The van der Waals surface area contributed by atoms with Crippen molar-refractivity contribution < 1.29 is 17.9 Å². The number of sulfonamides is 1. The average molecular weight is 419 g/mol. The van der Waals surface area contributed by atoms with E-state index < -0.39 is 10.0 Å². The van der Waals surface area contributed by atoms with E-state index in [1.807, 2.05) is 39.8 Å². The number of carbonyl (C=O) groups excluding carboxylic acids is 1. The van der Waals surface area contributed by atoms with Gasteiger partial charge in [-0.1, -0.05) is 38.1 Å². The molecule has 0 unspecified atom stereocenters. The molecule has 0 fully saturated rings. The smallest absolute Gasteiger partial charge is 0.251 e. The quantitative estimate of drug-likeness (QED) is 0.640. The number of nitrogens with zero attached hydrogens (tertiary/aromatic N) is 1. The van der Waals surface area contributed by atoms with Gasteiger partial charge in [0.25, 0.3) is 5.91 Å². The molecule has 0 aliphatic heterocycles. The van der Waals surface area contributed by atoms with Crippen molar-refractivity contribution in [3.8, 4) is 0 Å². The molecule has 0 bridgehead atoms. The Balaban J connectivity index is 1.95. The van der Waals surface area contributed by atoms with E-state index in [0.29, 0.717) is 31.8 Å². The highest BCUT2D eigenvalue weighted by Gasteiger charge is 2.21. The summed E-state index contributed by atoms with van der Waals surface area (Å²) in [6.07, 6.45) is 0.159. The standard InChI is InChI=1S/C22H30N2O4S/c1-5-24(6-2)29(26,27)21-13-9-18(10-14-21)15-23-22(25)20-11-7-19(8-12-20)16-28-17(3)4/h7-14,17H,5-6,15-16H2,1-4H3,(H,23,25). The van der Waals surface area contributed by atoms with Crippen LogP contribution in [0.25, 0.3) is 0 Å². The second-order valence-corrected chi connectivity index (χ2v) is 8.91.